The molecule has 1 fully saturated rings. The number of carbonyl (C=O) groups is 1. The number of aromatic nitrogens is 2. The van der Waals surface area contributed by atoms with Crippen LogP contribution in [0.15, 0.2) is 42.5 Å². The molecule has 1 N–H and O–H groups in total. The lowest BCUT2D eigenvalue weighted by molar-refractivity contribution is -0.140. The molecular weight excluding hydrogens is 524 g/mol. The average Bonchev–Trinajstić information content (AvgIpc) is 3.28. The first-order valence-corrected chi connectivity index (χ1v) is 13.1. The van der Waals surface area contributed by atoms with Crippen LogP contribution >= 0.6 is 23.2 Å². The standard InChI is InChI=1S/C27H27Cl2F3N4O/c1-16(20-8-6-19(28)15-22(20)29)36-24-14-18(5-7-21(24)25(34-36)27(30,31)32)17-9-12-35(13-10-17)26(37)23-4-2-3-11-33-23/h5-9,14-16,23,33H,2-4,10-13H2,1H3. The molecule has 3 heterocycles. The Morgan fingerprint density at radius 2 is 1.97 bits per heavy atom. The van der Waals surface area contributed by atoms with Crippen molar-refractivity contribution in [2.75, 3.05) is 19.6 Å². The molecule has 10 heteroatoms. The largest absolute Gasteiger partial charge is 0.435 e. The Hall–Kier alpha value is -2.55. The number of alkyl halides is 3. The van der Waals surface area contributed by atoms with Crippen LogP contribution in [0.5, 0.6) is 0 Å². The van der Waals surface area contributed by atoms with Crippen LogP contribution in [0, 0.1) is 0 Å². The number of rotatable bonds is 4. The van der Waals surface area contributed by atoms with Crippen LogP contribution in [-0.2, 0) is 11.0 Å². The van der Waals surface area contributed by atoms with Crippen LogP contribution in [0.3, 0.4) is 0 Å². The van der Waals surface area contributed by atoms with Crippen molar-refractivity contribution in [1.82, 2.24) is 20.0 Å². The minimum Gasteiger partial charge on any atom is -0.337 e. The van der Waals surface area contributed by atoms with Gasteiger partial charge in [0.15, 0.2) is 5.69 Å². The highest BCUT2D eigenvalue weighted by molar-refractivity contribution is 6.35. The number of hydrogen-bond acceptors (Lipinski definition) is 3. The highest BCUT2D eigenvalue weighted by atomic mass is 35.5. The lowest BCUT2D eigenvalue weighted by Crippen LogP contribution is -2.49. The van der Waals surface area contributed by atoms with Crippen LogP contribution in [-0.4, -0.2) is 46.3 Å². The molecule has 5 nitrogen and oxygen atoms in total. The molecule has 0 bridgehead atoms. The monoisotopic (exact) mass is 550 g/mol. The van der Waals surface area contributed by atoms with Crippen LogP contribution in [0.1, 0.15) is 55.5 Å². The highest BCUT2D eigenvalue weighted by Gasteiger charge is 2.37. The maximum atomic E-state index is 13.9. The van der Waals surface area contributed by atoms with Gasteiger partial charge < -0.3 is 10.2 Å². The highest BCUT2D eigenvalue weighted by Crippen LogP contribution is 2.38. The zero-order chi connectivity index (χ0) is 26.3. The molecule has 2 unspecified atom stereocenters. The molecule has 0 spiro atoms. The minimum absolute atomic E-state index is 0.0322. The Kier molecular flexibility index (Phi) is 7.27. The molecular formula is C27H27Cl2F3N4O. The predicted molar refractivity (Wildman–Crippen MR) is 140 cm³/mol. The van der Waals surface area contributed by atoms with Crippen LogP contribution in [0.2, 0.25) is 10.0 Å². The van der Waals surface area contributed by atoms with E-state index in [0.29, 0.717) is 40.6 Å². The van der Waals surface area contributed by atoms with Gasteiger partial charge in [-0.2, -0.15) is 18.3 Å². The summed E-state index contributed by atoms with van der Waals surface area (Å²) in [5.74, 6) is 0.118. The van der Waals surface area contributed by atoms with E-state index in [2.05, 4.69) is 10.4 Å². The summed E-state index contributed by atoms with van der Waals surface area (Å²) in [6.45, 7) is 3.68. The fourth-order valence-electron chi connectivity index (χ4n) is 5.23. The SMILES string of the molecule is CC(c1ccc(Cl)cc1Cl)n1nc(C(F)(F)F)c2ccc(C3=CCN(C(=O)C4CCCCN4)CC3)cc21. The Morgan fingerprint density at radius 1 is 1.16 bits per heavy atom. The molecule has 2 aliphatic heterocycles. The third kappa shape index (κ3) is 5.24. The molecule has 2 aliphatic rings. The number of hydrogen-bond donors (Lipinski definition) is 1. The number of benzene rings is 2. The second-order valence-electron chi connectivity index (χ2n) is 9.63. The van der Waals surface area contributed by atoms with Crippen molar-refractivity contribution in [3.8, 4) is 0 Å². The summed E-state index contributed by atoms with van der Waals surface area (Å²) >= 11 is 12.4. The molecule has 1 saturated heterocycles. The third-order valence-electron chi connectivity index (χ3n) is 7.26. The Labute approximate surface area is 223 Å². The summed E-state index contributed by atoms with van der Waals surface area (Å²) in [5, 5.41) is 8.13. The molecule has 0 aliphatic carbocycles. The van der Waals surface area contributed by atoms with Gasteiger partial charge in [-0.15, -0.1) is 0 Å². The maximum absolute atomic E-state index is 13.9. The van der Waals surface area contributed by atoms with Crippen molar-refractivity contribution in [3.63, 3.8) is 0 Å². The van der Waals surface area contributed by atoms with Crippen molar-refractivity contribution < 1.29 is 18.0 Å². The molecule has 0 saturated carbocycles. The summed E-state index contributed by atoms with van der Waals surface area (Å²) in [6.07, 6.45) is 1.01. The van der Waals surface area contributed by atoms with E-state index in [1.807, 2.05) is 11.0 Å². The second kappa shape index (κ2) is 10.3. The van der Waals surface area contributed by atoms with Crippen molar-refractivity contribution in [3.05, 3.63) is 69.3 Å². The number of piperidine rings is 1. The van der Waals surface area contributed by atoms with Gasteiger partial charge >= 0.3 is 6.18 Å². The predicted octanol–water partition coefficient (Wildman–Crippen LogP) is 6.73. The topological polar surface area (TPSA) is 50.2 Å². The number of fused-ring (bicyclic) bond motifs is 1. The van der Waals surface area contributed by atoms with E-state index in [1.165, 1.54) is 10.7 Å². The van der Waals surface area contributed by atoms with Gasteiger partial charge in [-0.3, -0.25) is 9.48 Å². The average molecular weight is 551 g/mol. The first-order valence-electron chi connectivity index (χ1n) is 12.4. The zero-order valence-corrected chi connectivity index (χ0v) is 21.8. The Morgan fingerprint density at radius 3 is 2.62 bits per heavy atom. The lowest BCUT2D eigenvalue weighted by Gasteiger charge is -2.32. The van der Waals surface area contributed by atoms with Crippen LogP contribution < -0.4 is 5.32 Å². The molecule has 1 aromatic heterocycles. The molecule has 196 valence electrons. The van der Waals surface area contributed by atoms with E-state index in [-0.39, 0.29) is 17.3 Å². The molecule has 5 rings (SSSR count). The first kappa shape index (κ1) is 26.1. The zero-order valence-electron chi connectivity index (χ0n) is 20.3. The molecule has 2 aromatic carbocycles. The van der Waals surface area contributed by atoms with Gasteiger partial charge in [0.25, 0.3) is 0 Å². The lowest BCUT2D eigenvalue weighted by atomic mass is 9.97. The van der Waals surface area contributed by atoms with Crippen LogP contribution in [0.4, 0.5) is 13.2 Å². The number of nitrogens with zero attached hydrogens (tertiary/aromatic N) is 3. The van der Waals surface area contributed by atoms with E-state index in [4.69, 9.17) is 23.2 Å². The summed E-state index contributed by atoms with van der Waals surface area (Å²) in [5.41, 5.74) is 1.88. The van der Waals surface area contributed by atoms with Gasteiger partial charge in [0, 0.05) is 28.5 Å². The van der Waals surface area contributed by atoms with E-state index < -0.39 is 17.9 Å². The second-order valence-corrected chi connectivity index (χ2v) is 10.5. The van der Waals surface area contributed by atoms with Crippen LogP contribution in [0.25, 0.3) is 16.5 Å². The quantitative estimate of drug-likeness (QED) is 0.391. The normalized spacial score (nSPS) is 19.7. The van der Waals surface area contributed by atoms with E-state index in [1.54, 1.807) is 37.3 Å². The molecule has 37 heavy (non-hydrogen) atoms. The van der Waals surface area contributed by atoms with Crippen molar-refractivity contribution in [2.24, 2.45) is 0 Å². The van der Waals surface area contributed by atoms with E-state index >= 15 is 0 Å². The number of halogens is 5. The number of carbonyl (C=O) groups excluding carboxylic acids is 1. The summed E-state index contributed by atoms with van der Waals surface area (Å²) in [7, 11) is 0. The number of amides is 1. The number of nitrogens with one attached hydrogen (secondary N) is 1. The maximum Gasteiger partial charge on any atom is 0.435 e. The van der Waals surface area contributed by atoms with Crippen molar-refractivity contribution in [1.29, 1.82) is 0 Å². The van der Waals surface area contributed by atoms with Gasteiger partial charge in [-0.05, 0) is 73.7 Å². The van der Waals surface area contributed by atoms with Crippen molar-refractivity contribution >= 4 is 45.6 Å². The minimum atomic E-state index is -4.60. The van der Waals surface area contributed by atoms with E-state index in [9.17, 15) is 18.0 Å². The molecule has 0 radical (unpaired) electrons. The fourth-order valence-corrected chi connectivity index (χ4v) is 5.79. The van der Waals surface area contributed by atoms with Gasteiger partial charge in [-0.25, -0.2) is 0 Å². The van der Waals surface area contributed by atoms with Gasteiger partial charge in [-0.1, -0.05) is 47.8 Å². The fraction of sp³-hybridized carbons (Fsp3) is 0.407. The smallest absolute Gasteiger partial charge is 0.337 e. The van der Waals surface area contributed by atoms with Gasteiger partial charge in [0.05, 0.1) is 17.6 Å². The van der Waals surface area contributed by atoms with Gasteiger partial charge in [0.1, 0.15) is 0 Å². The van der Waals surface area contributed by atoms with E-state index in [0.717, 1.165) is 36.9 Å². The Bertz CT molecular complexity index is 1360. The summed E-state index contributed by atoms with van der Waals surface area (Å²) < 4.78 is 43.0. The molecule has 1 amide bonds. The Balaban J connectivity index is 1.48. The summed E-state index contributed by atoms with van der Waals surface area (Å²) in [4.78, 5) is 14.7. The third-order valence-corrected chi connectivity index (χ3v) is 7.82. The molecule has 2 atom stereocenters. The van der Waals surface area contributed by atoms with Gasteiger partial charge in [0.2, 0.25) is 5.91 Å². The first-order chi connectivity index (χ1) is 17.6. The van der Waals surface area contributed by atoms with Crippen molar-refractivity contribution in [2.45, 2.75) is 50.9 Å². The summed E-state index contributed by atoms with van der Waals surface area (Å²) in [6, 6.07) is 9.18. The molecule has 3 aromatic rings.